The Bertz CT molecular complexity index is 596. The third-order valence-electron chi connectivity index (χ3n) is 3.25. The van der Waals surface area contributed by atoms with Gasteiger partial charge in [0.1, 0.15) is 5.75 Å². The lowest BCUT2D eigenvalue weighted by Gasteiger charge is -2.11. The van der Waals surface area contributed by atoms with Crippen molar-refractivity contribution in [3.8, 4) is 5.75 Å². The number of hydrogen-bond donors (Lipinski definition) is 2. The smallest absolute Gasteiger partial charge is 0.422 e. The van der Waals surface area contributed by atoms with Crippen LogP contribution in [0, 0.1) is 0 Å². The van der Waals surface area contributed by atoms with Crippen molar-refractivity contribution >= 4 is 35.9 Å². The second-order valence-electron chi connectivity index (χ2n) is 5.58. The lowest BCUT2D eigenvalue weighted by atomic mass is 10.2. The maximum absolute atomic E-state index is 12.1. The summed E-state index contributed by atoms with van der Waals surface area (Å²) in [5.41, 5.74) is 0.832. The van der Waals surface area contributed by atoms with Crippen LogP contribution in [0.15, 0.2) is 29.3 Å². The average molecular weight is 517 g/mol. The Labute approximate surface area is 180 Å². The van der Waals surface area contributed by atoms with Gasteiger partial charge in [-0.25, -0.2) is 4.99 Å². The number of rotatable bonds is 10. The number of benzene rings is 1. The second kappa shape index (κ2) is 14.3. The predicted molar refractivity (Wildman–Crippen MR) is 112 cm³/mol. The van der Waals surface area contributed by atoms with Gasteiger partial charge in [-0.15, -0.1) is 24.0 Å². The molecule has 10 heteroatoms. The predicted octanol–water partition coefficient (Wildman–Crippen LogP) is 3.64. The molecule has 0 saturated heterocycles. The van der Waals surface area contributed by atoms with E-state index in [1.165, 1.54) is 12.1 Å². The van der Waals surface area contributed by atoms with Gasteiger partial charge in [0.2, 0.25) is 0 Å². The molecule has 1 rings (SSSR count). The molecule has 2 N–H and O–H groups in total. The van der Waals surface area contributed by atoms with E-state index < -0.39 is 12.8 Å². The highest BCUT2D eigenvalue weighted by Gasteiger charge is 2.28. The van der Waals surface area contributed by atoms with Crippen molar-refractivity contribution in [2.24, 2.45) is 4.99 Å². The largest absolute Gasteiger partial charge is 0.484 e. The molecule has 0 atom stereocenters. The molecule has 0 spiro atoms. The second-order valence-corrected chi connectivity index (χ2v) is 5.58. The van der Waals surface area contributed by atoms with E-state index >= 15 is 0 Å². The Morgan fingerprint density at radius 3 is 2.39 bits per heavy atom. The van der Waals surface area contributed by atoms with Gasteiger partial charge in [-0.05, 0) is 38.0 Å². The van der Waals surface area contributed by atoms with Gasteiger partial charge in [-0.2, -0.15) is 13.2 Å². The van der Waals surface area contributed by atoms with Gasteiger partial charge < -0.3 is 20.1 Å². The Hall–Kier alpha value is -1.72. The average Bonchev–Trinajstić information content (AvgIpc) is 2.62. The van der Waals surface area contributed by atoms with E-state index in [2.05, 4.69) is 20.4 Å². The molecule has 6 nitrogen and oxygen atoms in total. The van der Waals surface area contributed by atoms with Crippen molar-refractivity contribution in [3.63, 3.8) is 0 Å². The van der Waals surface area contributed by atoms with E-state index in [0.717, 1.165) is 5.56 Å². The first kappa shape index (κ1) is 26.3. The summed E-state index contributed by atoms with van der Waals surface area (Å²) in [5.74, 6) is 0.525. The molecule has 0 aromatic heterocycles. The third kappa shape index (κ3) is 12.6. The van der Waals surface area contributed by atoms with Crippen LogP contribution in [-0.4, -0.2) is 44.4 Å². The summed E-state index contributed by atoms with van der Waals surface area (Å²) in [6.45, 7) is 4.35. The highest BCUT2D eigenvalue weighted by molar-refractivity contribution is 14.0. The summed E-state index contributed by atoms with van der Waals surface area (Å²) >= 11 is 0. The highest BCUT2D eigenvalue weighted by atomic mass is 127. The maximum atomic E-state index is 12.1. The van der Waals surface area contributed by atoms with Crippen molar-refractivity contribution in [2.75, 3.05) is 26.3 Å². The standard InChI is InChI=1S/C18H26F3N3O3.HI/c1-3-22-17(23-11-5-6-16(25)26-4-2)24-12-14-7-9-15(10-8-14)27-13-18(19,20)21;/h7-10H,3-6,11-13H2,1-2H3,(H2,22,23,24);1H. The van der Waals surface area contributed by atoms with Crippen LogP contribution >= 0.6 is 24.0 Å². The number of hydrogen-bond acceptors (Lipinski definition) is 4. The van der Waals surface area contributed by atoms with E-state index in [0.29, 0.717) is 45.0 Å². The molecule has 0 unspecified atom stereocenters. The van der Waals surface area contributed by atoms with Crippen LogP contribution in [0.2, 0.25) is 0 Å². The molecule has 28 heavy (non-hydrogen) atoms. The maximum Gasteiger partial charge on any atom is 0.422 e. The molecule has 0 saturated carbocycles. The van der Waals surface area contributed by atoms with Crippen molar-refractivity contribution in [1.29, 1.82) is 0 Å². The number of guanidine groups is 1. The topological polar surface area (TPSA) is 72.0 Å². The summed E-state index contributed by atoms with van der Waals surface area (Å²) < 4.78 is 45.9. The van der Waals surface area contributed by atoms with Crippen molar-refractivity contribution in [3.05, 3.63) is 29.8 Å². The van der Waals surface area contributed by atoms with Crippen molar-refractivity contribution < 1.29 is 27.4 Å². The normalized spacial score (nSPS) is 11.4. The lowest BCUT2D eigenvalue weighted by Crippen LogP contribution is -2.37. The zero-order valence-electron chi connectivity index (χ0n) is 16.0. The fourth-order valence-corrected chi connectivity index (χ4v) is 2.04. The summed E-state index contributed by atoms with van der Waals surface area (Å²) in [6.07, 6.45) is -3.41. The summed E-state index contributed by atoms with van der Waals surface area (Å²) in [7, 11) is 0. The van der Waals surface area contributed by atoms with Crippen LogP contribution in [0.25, 0.3) is 0 Å². The van der Waals surface area contributed by atoms with Gasteiger partial charge in [0.15, 0.2) is 12.6 Å². The minimum absolute atomic E-state index is 0. The number of halogens is 4. The molecule has 1 aromatic rings. The SMILES string of the molecule is CCNC(=NCc1ccc(OCC(F)(F)F)cc1)NCCCC(=O)OCC.I. The zero-order chi connectivity index (χ0) is 20.1. The molecule has 0 aliphatic carbocycles. The fourth-order valence-electron chi connectivity index (χ4n) is 2.04. The molecule has 0 heterocycles. The van der Waals surface area contributed by atoms with Gasteiger partial charge in [-0.1, -0.05) is 12.1 Å². The minimum Gasteiger partial charge on any atom is -0.484 e. The van der Waals surface area contributed by atoms with Gasteiger partial charge >= 0.3 is 12.1 Å². The van der Waals surface area contributed by atoms with Crippen LogP contribution in [0.3, 0.4) is 0 Å². The molecule has 160 valence electrons. The summed E-state index contributed by atoms with van der Waals surface area (Å²) in [4.78, 5) is 15.7. The highest BCUT2D eigenvalue weighted by Crippen LogP contribution is 2.19. The van der Waals surface area contributed by atoms with Gasteiger partial charge in [0.25, 0.3) is 0 Å². The van der Waals surface area contributed by atoms with Gasteiger partial charge in [-0.3, -0.25) is 4.79 Å². The van der Waals surface area contributed by atoms with Crippen LogP contribution in [0.5, 0.6) is 5.75 Å². The number of nitrogens with zero attached hydrogens (tertiary/aromatic N) is 1. The summed E-state index contributed by atoms with van der Waals surface area (Å²) in [6, 6.07) is 6.30. The quantitative estimate of drug-likeness (QED) is 0.163. The Kier molecular flexibility index (Phi) is 13.4. The first-order valence-corrected chi connectivity index (χ1v) is 8.80. The molecule has 0 radical (unpaired) electrons. The van der Waals surface area contributed by atoms with E-state index in [1.807, 2.05) is 6.92 Å². The number of ether oxygens (including phenoxy) is 2. The minimum atomic E-state index is -4.36. The van der Waals surface area contributed by atoms with Gasteiger partial charge in [0.05, 0.1) is 13.2 Å². The molecule has 0 aliphatic heterocycles. The molecular formula is C18H27F3IN3O3. The zero-order valence-corrected chi connectivity index (χ0v) is 18.3. The van der Waals surface area contributed by atoms with Gasteiger partial charge in [0, 0.05) is 19.5 Å². The van der Waals surface area contributed by atoms with E-state index in [-0.39, 0.29) is 35.7 Å². The van der Waals surface area contributed by atoms with Crippen molar-refractivity contribution in [1.82, 2.24) is 10.6 Å². The molecule has 0 amide bonds. The molecule has 1 aromatic carbocycles. The van der Waals surface area contributed by atoms with Crippen molar-refractivity contribution in [2.45, 2.75) is 39.4 Å². The number of esters is 1. The molecular weight excluding hydrogens is 490 g/mol. The number of alkyl halides is 3. The first-order valence-electron chi connectivity index (χ1n) is 8.80. The van der Waals surface area contributed by atoms with E-state index in [1.54, 1.807) is 19.1 Å². The lowest BCUT2D eigenvalue weighted by molar-refractivity contribution is -0.153. The fraction of sp³-hybridized carbons (Fsp3) is 0.556. The van der Waals surface area contributed by atoms with Crippen LogP contribution in [0.1, 0.15) is 32.3 Å². The number of aliphatic imine (C=N–C) groups is 1. The Balaban J connectivity index is 0.00000729. The third-order valence-corrected chi connectivity index (χ3v) is 3.25. The van der Waals surface area contributed by atoms with Crippen LogP contribution in [0.4, 0.5) is 13.2 Å². The van der Waals surface area contributed by atoms with Crippen LogP contribution in [-0.2, 0) is 16.1 Å². The molecule has 0 bridgehead atoms. The number of carbonyl (C=O) groups is 1. The summed E-state index contributed by atoms with van der Waals surface area (Å²) in [5, 5.41) is 6.21. The monoisotopic (exact) mass is 517 g/mol. The van der Waals surface area contributed by atoms with E-state index in [9.17, 15) is 18.0 Å². The van der Waals surface area contributed by atoms with E-state index in [4.69, 9.17) is 4.74 Å². The molecule has 0 fully saturated rings. The Morgan fingerprint density at radius 1 is 1.14 bits per heavy atom. The first-order chi connectivity index (χ1) is 12.8. The Morgan fingerprint density at radius 2 is 1.82 bits per heavy atom. The number of carbonyl (C=O) groups excluding carboxylic acids is 1. The van der Waals surface area contributed by atoms with Crippen LogP contribution < -0.4 is 15.4 Å². The molecule has 0 aliphatic rings. The number of nitrogens with one attached hydrogen (secondary N) is 2.